The lowest BCUT2D eigenvalue weighted by Crippen LogP contribution is -2.34. The first-order valence-corrected chi connectivity index (χ1v) is 4.85. The van der Waals surface area contributed by atoms with E-state index in [2.05, 4.69) is 0 Å². The zero-order chi connectivity index (χ0) is 12.4. The molecule has 0 saturated heterocycles. The third kappa shape index (κ3) is 2.96. The Kier molecular flexibility index (Phi) is 3.60. The summed E-state index contributed by atoms with van der Waals surface area (Å²) in [6.07, 6.45) is -4.15. The van der Waals surface area contributed by atoms with Crippen molar-refractivity contribution in [2.45, 2.75) is 25.1 Å². The number of hydrogen-bond acceptors (Lipinski definition) is 2. The van der Waals surface area contributed by atoms with Crippen LogP contribution in [0, 0.1) is 0 Å². The fourth-order valence-electron chi connectivity index (χ4n) is 1.43. The number of aliphatic hydroxyl groups excluding tert-OH is 1. The molecule has 0 spiro atoms. The topological polar surface area (TPSA) is 46.2 Å². The molecule has 90 valence electrons. The van der Waals surface area contributed by atoms with Gasteiger partial charge in [0.1, 0.15) is 0 Å². The number of alkyl halides is 3. The van der Waals surface area contributed by atoms with Gasteiger partial charge in [0.15, 0.2) is 0 Å². The number of hydrogen-bond donors (Lipinski definition) is 2. The summed E-state index contributed by atoms with van der Waals surface area (Å²) >= 11 is 0. The van der Waals surface area contributed by atoms with Crippen LogP contribution in [0.15, 0.2) is 24.3 Å². The molecule has 0 bridgehead atoms. The van der Waals surface area contributed by atoms with Gasteiger partial charge >= 0.3 is 6.18 Å². The Hall–Kier alpha value is -1.07. The molecule has 0 aromatic heterocycles. The van der Waals surface area contributed by atoms with Crippen molar-refractivity contribution in [2.24, 2.45) is 5.73 Å². The maximum Gasteiger partial charge on any atom is 0.416 e. The van der Waals surface area contributed by atoms with Crippen molar-refractivity contribution in [3.8, 4) is 0 Å². The van der Waals surface area contributed by atoms with E-state index in [0.717, 1.165) is 12.1 Å². The molecule has 1 atom stereocenters. The SMILES string of the molecule is CC(N)(CCO)c1cccc(C(F)(F)F)c1. The fraction of sp³-hybridized carbons (Fsp3) is 0.455. The van der Waals surface area contributed by atoms with Gasteiger partial charge in [0.25, 0.3) is 0 Å². The van der Waals surface area contributed by atoms with E-state index in [0.29, 0.717) is 5.56 Å². The molecule has 1 unspecified atom stereocenters. The van der Waals surface area contributed by atoms with E-state index in [1.54, 1.807) is 6.92 Å². The Morgan fingerprint density at radius 3 is 2.31 bits per heavy atom. The number of benzene rings is 1. The van der Waals surface area contributed by atoms with Gasteiger partial charge in [-0.25, -0.2) is 0 Å². The van der Waals surface area contributed by atoms with Gasteiger partial charge in [0.05, 0.1) is 5.56 Å². The van der Waals surface area contributed by atoms with Crippen molar-refractivity contribution in [1.82, 2.24) is 0 Å². The Morgan fingerprint density at radius 1 is 1.25 bits per heavy atom. The maximum atomic E-state index is 12.5. The van der Waals surface area contributed by atoms with Crippen LogP contribution in [0.2, 0.25) is 0 Å². The molecule has 5 heteroatoms. The molecule has 1 aromatic rings. The van der Waals surface area contributed by atoms with Crippen LogP contribution in [0.25, 0.3) is 0 Å². The van der Waals surface area contributed by atoms with Gasteiger partial charge in [-0.15, -0.1) is 0 Å². The van der Waals surface area contributed by atoms with Gasteiger partial charge in [0, 0.05) is 12.1 Å². The van der Waals surface area contributed by atoms with Gasteiger partial charge in [-0.3, -0.25) is 0 Å². The van der Waals surface area contributed by atoms with E-state index in [1.165, 1.54) is 12.1 Å². The summed E-state index contributed by atoms with van der Waals surface area (Å²) in [7, 11) is 0. The second kappa shape index (κ2) is 4.43. The average molecular weight is 233 g/mol. The highest BCUT2D eigenvalue weighted by atomic mass is 19.4. The van der Waals surface area contributed by atoms with Crippen molar-refractivity contribution >= 4 is 0 Å². The summed E-state index contributed by atoms with van der Waals surface area (Å²) in [6, 6.07) is 4.87. The highest BCUT2D eigenvalue weighted by molar-refractivity contribution is 5.30. The molecule has 0 amide bonds. The summed E-state index contributed by atoms with van der Waals surface area (Å²) in [5.74, 6) is 0. The third-order valence-electron chi connectivity index (χ3n) is 2.48. The smallest absolute Gasteiger partial charge is 0.396 e. The Morgan fingerprint density at radius 2 is 1.81 bits per heavy atom. The number of rotatable bonds is 3. The number of nitrogens with two attached hydrogens (primary N) is 1. The van der Waals surface area contributed by atoms with Gasteiger partial charge < -0.3 is 10.8 Å². The van der Waals surface area contributed by atoms with Crippen molar-refractivity contribution in [1.29, 1.82) is 0 Å². The van der Waals surface area contributed by atoms with Crippen molar-refractivity contribution < 1.29 is 18.3 Å². The van der Waals surface area contributed by atoms with Crippen LogP contribution < -0.4 is 5.73 Å². The average Bonchev–Trinajstić information content (AvgIpc) is 2.16. The summed E-state index contributed by atoms with van der Waals surface area (Å²) < 4.78 is 37.4. The summed E-state index contributed by atoms with van der Waals surface area (Å²) in [5, 5.41) is 8.79. The van der Waals surface area contributed by atoms with E-state index in [9.17, 15) is 13.2 Å². The van der Waals surface area contributed by atoms with Gasteiger partial charge in [-0.1, -0.05) is 12.1 Å². The van der Waals surface area contributed by atoms with E-state index in [1.807, 2.05) is 0 Å². The molecule has 3 N–H and O–H groups in total. The third-order valence-corrected chi connectivity index (χ3v) is 2.48. The molecular weight excluding hydrogens is 219 g/mol. The molecule has 2 nitrogen and oxygen atoms in total. The largest absolute Gasteiger partial charge is 0.416 e. The molecule has 0 radical (unpaired) electrons. The van der Waals surface area contributed by atoms with Crippen LogP contribution in [-0.4, -0.2) is 11.7 Å². The molecular formula is C11H14F3NO. The number of halogens is 3. The quantitative estimate of drug-likeness (QED) is 0.841. The predicted molar refractivity (Wildman–Crippen MR) is 54.7 cm³/mol. The first-order chi connectivity index (χ1) is 7.27. The molecule has 1 aromatic carbocycles. The first-order valence-electron chi connectivity index (χ1n) is 4.85. The zero-order valence-corrected chi connectivity index (χ0v) is 8.88. The molecule has 16 heavy (non-hydrogen) atoms. The molecule has 0 heterocycles. The second-order valence-electron chi connectivity index (χ2n) is 3.97. The predicted octanol–water partition coefficient (Wildman–Crippen LogP) is 2.26. The van der Waals surface area contributed by atoms with E-state index in [-0.39, 0.29) is 13.0 Å². The standard InChI is InChI=1S/C11H14F3NO/c1-10(15,5-6-16)8-3-2-4-9(7-8)11(12,13)14/h2-4,7,16H,5-6,15H2,1H3. The molecule has 1 rings (SSSR count). The lowest BCUT2D eigenvalue weighted by Gasteiger charge is -2.25. The highest BCUT2D eigenvalue weighted by Gasteiger charge is 2.32. The molecule has 0 aliphatic heterocycles. The Balaban J connectivity index is 3.08. The van der Waals surface area contributed by atoms with Crippen LogP contribution in [0.3, 0.4) is 0 Å². The highest BCUT2D eigenvalue weighted by Crippen LogP contribution is 2.32. The normalized spacial score (nSPS) is 15.9. The van der Waals surface area contributed by atoms with Crippen LogP contribution in [-0.2, 0) is 11.7 Å². The number of aliphatic hydroxyl groups is 1. The summed E-state index contributed by atoms with van der Waals surface area (Å²) in [4.78, 5) is 0. The molecule has 0 aliphatic carbocycles. The minimum absolute atomic E-state index is 0.163. The zero-order valence-electron chi connectivity index (χ0n) is 8.88. The summed E-state index contributed by atoms with van der Waals surface area (Å²) in [5.41, 5.74) is 4.53. The Labute approximate surface area is 91.9 Å². The summed E-state index contributed by atoms with van der Waals surface area (Å²) in [6.45, 7) is 1.43. The van der Waals surface area contributed by atoms with E-state index in [4.69, 9.17) is 10.8 Å². The molecule has 0 aliphatic rings. The second-order valence-corrected chi connectivity index (χ2v) is 3.97. The van der Waals surface area contributed by atoms with Crippen LogP contribution in [0.4, 0.5) is 13.2 Å². The van der Waals surface area contributed by atoms with Crippen LogP contribution >= 0.6 is 0 Å². The minimum Gasteiger partial charge on any atom is -0.396 e. The van der Waals surface area contributed by atoms with Crippen LogP contribution in [0.5, 0.6) is 0 Å². The van der Waals surface area contributed by atoms with E-state index >= 15 is 0 Å². The van der Waals surface area contributed by atoms with Gasteiger partial charge in [-0.2, -0.15) is 13.2 Å². The van der Waals surface area contributed by atoms with Crippen molar-refractivity contribution in [3.05, 3.63) is 35.4 Å². The van der Waals surface area contributed by atoms with E-state index < -0.39 is 17.3 Å². The first kappa shape index (κ1) is 13.0. The van der Waals surface area contributed by atoms with Gasteiger partial charge in [-0.05, 0) is 31.0 Å². The van der Waals surface area contributed by atoms with Crippen LogP contribution in [0.1, 0.15) is 24.5 Å². The van der Waals surface area contributed by atoms with Crippen molar-refractivity contribution in [2.75, 3.05) is 6.61 Å². The lowest BCUT2D eigenvalue weighted by molar-refractivity contribution is -0.137. The lowest BCUT2D eigenvalue weighted by atomic mass is 9.89. The van der Waals surface area contributed by atoms with Crippen molar-refractivity contribution in [3.63, 3.8) is 0 Å². The fourth-order valence-corrected chi connectivity index (χ4v) is 1.43. The minimum atomic E-state index is -4.37. The maximum absolute atomic E-state index is 12.5. The molecule has 0 saturated carbocycles. The monoisotopic (exact) mass is 233 g/mol. The molecule has 0 fully saturated rings. The Bertz CT molecular complexity index is 360. The van der Waals surface area contributed by atoms with Gasteiger partial charge in [0.2, 0.25) is 0 Å².